The van der Waals surface area contributed by atoms with E-state index in [9.17, 15) is 33.6 Å². The van der Waals surface area contributed by atoms with Crippen molar-refractivity contribution in [2.24, 2.45) is 0 Å². The van der Waals surface area contributed by atoms with Crippen LogP contribution in [0.25, 0.3) is 0 Å². The molecule has 16 nitrogen and oxygen atoms in total. The van der Waals surface area contributed by atoms with Gasteiger partial charge in [0.05, 0.1) is 11.1 Å². The normalized spacial score (nSPS) is 9.91. The Morgan fingerprint density at radius 1 is 0.556 bits per heavy atom. The van der Waals surface area contributed by atoms with Crippen LogP contribution >= 0.6 is 0 Å². The average Bonchev–Trinajstić information content (AvgIpc) is 3.00. The Hall–Kier alpha value is -5.41. The average molecular weight is 634 g/mol. The third-order valence-electron chi connectivity index (χ3n) is 5.27. The van der Waals surface area contributed by atoms with Crippen LogP contribution in [0, 0.1) is 0 Å². The monoisotopic (exact) mass is 633 g/mol. The van der Waals surface area contributed by atoms with Gasteiger partial charge in [-0.15, -0.1) is 0 Å². The number of urea groups is 1. The fourth-order valence-corrected chi connectivity index (χ4v) is 2.91. The summed E-state index contributed by atoms with van der Waals surface area (Å²) in [4.78, 5) is 81.8. The van der Waals surface area contributed by atoms with Gasteiger partial charge in [-0.2, -0.15) is 0 Å². The minimum absolute atomic E-state index is 0.150. The van der Waals surface area contributed by atoms with Crippen LogP contribution in [0.4, 0.5) is 14.4 Å². The highest BCUT2D eigenvalue weighted by atomic mass is 16.6. The molecular formula is C29H39N5O11. The van der Waals surface area contributed by atoms with Crippen molar-refractivity contribution in [3.8, 4) is 0 Å². The number of benzene rings is 1. The molecule has 0 saturated heterocycles. The van der Waals surface area contributed by atoms with Crippen LogP contribution in [-0.2, 0) is 28.5 Å². The zero-order valence-corrected chi connectivity index (χ0v) is 25.3. The number of hydrogen-bond acceptors (Lipinski definition) is 11. The van der Waals surface area contributed by atoms with Crippen molar-refractivity contribution in [2.75, 3.05) is 52.6 Å². The quantitative estimate of drug-likeness (QED) is 0.0672. The minimum Gasteiger partial charge on any atom is -0.458 e. The van der Waals surface area contributed by atoms with Crippen molar-refractivity contribution in [3.05, 3.63) is 59.7 Å². The number of carbonyl (C=O) groups excluding carboxylic acids is 7. The number of alkyl carbamates (subject to hydrolysis) is 2. The van der Waals surface area contributed by atoms with Gasteiger partial charge in [-0.3, -0.25) is 14.9 Å². The van der Waals surface area contributed by atoms with Crippen LogP contribution < -0.4 is 26.6 Å². The molecule has 0 aliphatic heterocycles. The maximum atomic E-state index is 12.2. The smallest absolute Gasteiger partial charge is 0.407 e. The molecule has 6 amide bonds. The molecule has 0 spiro atoms. The van der Waals surface area contributed by atoms with Crippen molar-refractivity contribution in [3.63, 3.8) is 0 Å². The number of amides is 6. The maximum absolute atomic E-state index is 12.2. The van der Waals surface area contributed by atoms with Crippen LogP contribution in [0.5, 0.6) is 0 Å². The Bertz CT molecular complexity index is 1230. The van der Waals surface area contributed by atoms with Gasteiger partial charge in [0.25, 0.3) is 5.91 Å². The fraction of sp³-hybridized carbons (Fsp3) is 0.414. The van der Waals surface area contributed by atoms with Gasteiger partial charge in [-0.25, -0.2) is 24.0 Å². The molecule has 0 aliphatic carbocycles. The number of imide groups is 1. The first kappa shape index (κ1) is 37.6. The second kappa shape index (κ2) is 21.3. The lowest BCUT2D eigenvalue weighted by Gasteiger charge is -2.09. The van der Waals surface area contributed by atoms with Crippen molar-refractivity contribution in [1.29, 1.82) is 0 Å². The molecule has 0 radical (unpaired) electrons. The lowest BCUT2D eigenvalue weighted by atomic mass is 10.1. The first-order chi connectivity index (χ1) is 21.4. The van der Waals surface area contributed by atoms with E-state index in [4.69, 9.17) is 18.9 Å². The van der Waals surface area contributed by atoms with E-state index in [1.54, 1.807) is 6.92 Å². The molecule has 1 aromatic rings. The third-order valence-corrected chi connectivity index (χ3v) is 5.27. The summed E-state index contributed by atoms with van der Waals surface area (Å²) in [6.07, 6.45) is -0.585. The molecule has 0 atom stereocenters. The predicted molar refractivity (Wildman–Crippen MR) is 159 cm³/mol. The zero-order valence-electron chi connectivity index (χ0n) is 25.3. The number of esters is 2. The van der Waals surface area contributed by atoms with Crippen LogP contribution in [0.1, 0.15) is 47.4 Å². The number of rotatable bonds is 18. The number of carbonyl (C=O) groups is 7. The van der Waals surface area contributed by atoms with Crippen molar-refractivity contribution < 1.29 is 52.5 Å². The van der Waals surface area contributed by atoms with Crippen LogP contribution in [0.2, 0.25) is 0 Å². The predicted octanol–water partition coefficient (Wildman–Crippen LogP) is 1.33. The summed E-state index contributed by atoms with van der Waals surface area (Å²) < 4.78 is 19.9. The summed E-state index contributed by atoms with van der Waals surface area (Å²) in [5.74, 6) is -2.25. The van der Waals surface area contributed by atoms with E-state index in [0.29, 0.717) is 25.0 Å². The summed E-state index contributed by atoms with van der Waals surface area (Å²) in [5.41, 5.74) is 0.889. The van der Waals surface area contributed by atoms with Crippen molar-refractivity contribution in [2.45, 2.75) is 26.7 Å². The molecule has 246 valence electrons. The molecule has 0 heterocycles. The third kappa shape index (κ3) is 17.3. The first-order valence-corrected chi connectivity index (χ1v) is 13.8. The molecule has 45 heavy (non-hydrogen) atoms. The van der Waals surface area contributed by atoms with Gasteiger partial charge in [0.2, 0.25) is 5.91 Å². The highest BCUT2D eigenvalue weighted by molar-refractivity contribution is 6.03. The highest BCUT2D eigenvalue weighted by Gasteiger charge is 2.12. The van der Waals surface area contributed by atoms with E-state index in [0.717, 1.165) is 0 Å². The van der Waals surface area contributed by atoms with Crippen LogP contribution in [-0.4, -0.2) is 94.6 Å². The molecule has 0 saturated carbocycles. The zero-order chi connectivity index (χ0) is 33.6. The van der Waals surface area contributed by atoms with E-state index in [-0.39, 0.29) is 68.7 Å². The molecule has 16 heteroatoms. The Labute approximate surface area is 260 Å². The lowest BCUT2D eigenvalue weighted by molar-refractivity contribution is -0.117. The van der Waals surface area contributed by atoms with Gasteiger partial charge in [0, 0.05) is 37.3 Å². The molecule has 1 aromatic carbocycles. The second-order valence-corrected chi connectivity index (χ2v) is 9.21. The molecule has 0 unspecified atom stereocenters. The summed E-state index contributed by atoms with van der Waals surface area (Å²) in [6, 6.07) is 4.76. The second-order valence-electron chi connectivity index (χ2n) is 9.21. The maximum Gasteiger partial charge on any atom is 0.407 e. The standard InChI is InChI=1S/C29H39N5O11/c1-19(2)23(35)30-11-5-13-32-28(40)44-17-15-42-25(37)21-7-9-22(10-8-21)26(38)43-16-18-45-29(41)33-14-6-12-31-27(39)34-24(36)20(3)4/h7-10H,1,3,5-6,11-18H2,2,4H3,(H,30,35)(H,32,40)(H,33,41)(H2,31,34,36,39). The molecule has 1 rings (SSSR count). The SMILES string of the molecule is C=C(C)C(=O)NCCCNC(=O)OCCOC(=O)c1ccc(C(=O)OCCOC(=O)NCCCNC(=O)NC(=O)C(=C)C)cc1. The lowest BCUT2D eigenvalue weighted by Crippen LogP contribution is -2.40. The van der Waals surface area contributed by atoms with Gasteiger partial charge in [0.15, 0.2) is 0 Å². The fourth-order valence-electron chi connectivity index (χ4n) is 2.91. The first-order valence-electron chi connectivity index (χ1n) is 13.8. The summed E-state index contributed by atoms with van der Waals surface area (Å²) in [5, 5.41) is 12.1. The molecule has 0 fully saturated rings. The highest BCUT2D eigenvalue weighted by Crippen LogP contribution is 2.08. The topological polar surface area (TPSA) is 217 Å². The molecular weight excluding hydrogens is 594 g/mol. The van der Waals surface area contributed by atoms with E-state index in [1.807, 2.05) is 0 Å². The Balaban J connectivity index is 2.16. The number of hydrogen-bond donors (Lipinski definition) is 5. The molecule has 5 N–H and O–H groups in total. The Morgan fingerprint density at radius 3 is 1.36 bits per heavy atom. The Kier molecular flexibility index (Phi) is 17.8. The number of ether oxygens (including phenoxy) is 4. The minimum atomic E-state index is -0.747. The van der Waals surface area contributed by atoms with E-state index in [2.05, 4.69) is 39.7 Å². The van der Waals surface area contributed by atoms with Crippen molar-refractivity contribution >= 4 is 42.0 Å². The van der Waals surface area contributed by atoms with Gasteiger partial charge >= 0.3 is 30.2 Å². The van der Waals surface area contributed by atoms with Gasteiger partial charge in [-0.05, 0) is 51.0 Å². The van der Waals surface area contributed by atoms with Crippen molar-refractivity contribution in [1.82, 2.24) is 26.6 Å². The molecule has 0 aromatic heterocycles. The van der Waals surface area contributed by atoms with Gasteiger partial charge in [0.1, 0.15) is 26.4 Å². The van der Waals surface area contributed by atoms with Crippen LogP contribution in [0.15, 0.2) is 48.6 Å². The summed E-state index contributed by atoms with van der Waals surface area (Å²) in [7, 11) is 0. The largest absolute Gasteiger partial charge is 0.458 e. The van der Waals surface area contributed by atoms with E-state index >= 15 is 0 Å². The van der Waals surface area contributed by atoms with Gasteiger partial charge < -0.3 is 40.2 Å². The van der Waals surface area contributed by atoms with Gasteiger partial charge in [-0.1, -0.05) is 13.2 Å². The summed E-state index contributed by atoms with van der Waals surface area (Å²) >= 11 is 0. The molecule has 0 bridgehead atoms. The van der Waals surface area contributed by atoms with E-state index < -0.39 is 36.1 Å². The number of nitrogens with one attached hydrogen (secondary N) is 5. The molecule has 0 aliphatic rings. The van der Waals surface area contributed by atoms with Crippen LogP contribution in [0.3, 0.4) is 0 Å². The van der Waals surface area contributed by atoms with E-state index in [1.165, 1.54) is 31.2 Å². The Morgan fingerprint density at radius 2 is 0.933 bits per heavy atom. The summed E-state index contributed by atoms with van der Waals surface area (Å²) in [6.45, 7) is 10.2.